The van der Waals surface area contributed by atoms with Crippen molar-refractivity contribution in [1.29, 1.82) is 0 Å². The van der Waals surface area contributed by atoms with E-state index < -0.39 is 23.2 Å². The fourth-order valence-electron chi connectivity index (χ4n) is 1.08. The number of phenolic OH excluding ortho intramolecular Hbond substituents is 1. The summed E-state index contributed by atoms with van der Waals surface area (Å²) in [5.74, 6) is -7.88. The summed E-state index contributed by atoms with van der Waals surface area (Å²) in [6, 6.07) is 1.77. The van der Waals surface area contributed by atoms with Crippen LogP contribution in [0.4, 0.5) is 8.78 Å². The lowest BCUT2D eigenvalue weighted by Crippen LogP contribution is -2.25. The molecular weight excluding hydrogens is 246 g/mol. The van der Waals surface area contributed by atoms with Gasteiger partial charge in [-0.05, 0) is 6.07 Å². The minimum atomic E-state index is -4.23. The van der Waals surface area contributed by atoms with Crippen molar-refractivity contribution < 1.29 is 28.5 Å². The third kappa shape index (κ3) is 2.01. The number of carboxylic acid groups (broad SMARTS) is 1. The van der Waals surface area contributed by atoms with Crippen molar-refractivity contribution in [3.63, 3.8) is 0 Å². The Hall–Kier alpha value is -1.56. The molecule has 4 nitrogen and oxygen atoms in total. The number of methoxy groups -OCH3 is 1. The van der Waals surface area contributed by atoms with E-state index in [0.717, 1.165) is 13.2 Å². The Morgan fingerprint density at radius 2 is 2.06 bits per heavy atom. The van der Waals surface area contributed by atoms with Gasteiger partial charge in [0.1, 0.15) is 0 Å². The second kappa shape index (κ2) is 4.13. The maximum atomic E-state index is 13.2. The van der Waals surface area contributed by atoms with E-state index in [1.54, 1.807) is 0 Å². The number of hydrogen-bond donors (Lipinski definition) is 2. The Morgan fingerprint density at radius 3 is 2.50 bits per heavy atom. The summed E-state index contributed by atoms with van der Waals surface area (Å²) < 4.78 is 30.9. The van der Waals surface area contributed by atoms with Crippen LogP contribution in [0, 0.1) is 0 Å². The molecule has 7 heteroatoms. The molecule has 0 unspecified atom stereocenters. The first-order valence-electron chi connectivity index (χ1n) is 3.99. The molecule has 0 aliphatic heterocycles. The summed E-state index contributed by atoms with van der Waals surface area (Å²) >= 11 is 5.49. The Bertz CT molecular complexity index is 434. The molecule has 1 aromatic rings. The van der Waals surface area contributed by atoms with E-state index in [2.05, 4.69) is 4.74 Å². The molecule has 0 saturated carbocycles. The summed E-state index contributed by atoms with van der Waals surface area (Å²) in [6.45, 7) is 0. The topological polar surface area (TPSA) is 66.8 Å². The average molecular weight is 253 g/mol. The number of aliphatic carboxylic acids is 1. The van der Waals surface area contributed by atoms with Crippen LogP contribution in [-0.2, 0) is 10.7 Å². The molecule has 88 valence electrons. The van der Waals surface area contributed by atoms with E-state index >= 15 is 0 Å². The number of phenols is 1. The van der Waals surface area contributed by atoms with Crippen molar-refractivity contribution in [3.05, 3.63) is 22.7 Å². The van der Waals surface area contributed by atoms with Gasteiger partial charge < -0.3 is 14.9 Å². The highest BCUT2D eigenvalue weighted by Crippen LogP contribution is 2.42. The molecule has 0 aliphatic carbocycles. The standard InChI is InChI=1S/C9H7ClF2O4/c1-16-6-3-4(10)2-5(7(6)13)9(11,12)8(14)15/h2-3,13H,1H3,(H,14,15). The Kier molecular flexibility index (Phi) is 3.23. The number of rotatable bonds is 3. The van der Waals surface area contributed by atoms with E-state index in [9.17, 15) is 18.7 Å². The van der Waals surface area contributed by atoms with Crippen molar-refractivity contribution in [1.82, 2.24) is 0 Å². The fraction of sp³-hybridized carbons (Fsp3) is 0.222. The molecule has 0 saturated heterocycles. The Morgan fingerprint density at radius 1 is 1.50 bits per heavy atom. The lowest BCUT2D eigenvalue weighted by Gasteiger charge is -2.15. The van der Waals surface area contributed by atoms with Crippen LogP contribution in [0.15, 0.2) is 12.1 Å². The minimum Gasteiger partial charge on any atom is -0.504 e. The molecule has 0 atom stereocenters. The van der Waals surface area contributed by atoms with Gasteiger partial charge in [-0.2, -0.15) is 8.78 Å². The van der Waals surface area contributed by atoms with E-state index in [-0.39, 0.29) is 10.8 Å². The normalized spacial score (nSPS) is 11.2. The van der Waals surface area contributed by atoms with Crippen molar-refractivity contribution in [2.75, 3.05) is 7.11 Å². The molecule has 2 N–H and O–H groups in total. The van der Waals surface area contributed by atoms with Crippen LogP contribution in [0.25, 0.3) is 0 Å². The molecular formula is C9H7ClF2O4. The van der Waals surface area contributed by atoms with E-state index in [0.29, 0.717) is 6.07 Å². The number of carboxylic acids is 1. The van der Waals surface area contributed by atoms with E-state index in [1.165, 1.54) is 0 Å². The number of carbonyl (C=O) groups is 1. The summed E-state index contributed by atoms with van der Waals surface area (Å²) in [7, 11) is 1.13. The van der Waals surface area contributed by atoms with Gasteiger partial charge in [0.2, 0.25) is 0 Å². The van der Waals surface area contributed by atoms with Gasteiger partial charge in [-0.25, -0.2) is 4.79 Å². The largest absolute Gasteiger partial charge is 0.504 e. The SMILES string of the molecule is COc1cc(Cl)cc(C(F)(F)C(=O)O)c1O. The molecule has 1 rings (SSSR count). The molecule has 0 heterocycles. The van der Waals surface area contributed by atoms with Gasteiger partial charge in [0.25, 0.3) is 0 Å². The number of halogens is 3. The monoisotopic (exact) mass is 252 g/mol. The first kappa shape index (κ1) is 12.5. The van der Waals surface area contributed by atoms with Gasteiger partial charge in [0, 0.05) is 11.1 Å². The molecule has 0 radical (unpaired) electrons. The third-order valence-corrected chi connectivity index (χ3v) is 2.08. The maximum Gasteiger partial charge on any atom is 0.379 e. The fourth-order valence-corrected chi connectivity index (χ4v) is 1.29. The molecule has 0 bridgehead atoms. The summed E-state index contributed by atoms with van der Waals surface area (Å²) in [5, 5.41) is 17.5. The van der Waals surface area contributed by atoms with E-state index in [4.69, 9.17) is 16.7 Å². The number of ether oxygens (including phenoxy) is 1. The van der Waals surface area contributed by atoms with Crippen molar-refractivity contribution in [3.8, 4) is 11.5 Å². The van der Waals surface area contributed by atoms with Crippen LogP contribution >= 0.6 is 11.6 Å². The van der Waals surface area contributed by atoms with Crippen molar-refractivity contribution in [2.24, 2.45) is 0 Å². The zero-order valence-electron chi connectivity index (χ0n) is 8.00. The lowest BCUT2D eigenvalue weighted by atomic mass is 10.1. The van der Waals surface area contributed by atoms with Gasteiger partial charge in [-0.3, -0.25) is 0 Å². The highest BCUT2D eigenvalue weighted by molar-refractivity contribution is 6.30. The van der Waals surface area contributed by atoms with Crippen LogP contribution in [0.5, 0.6) is 11.5 Å². The van der Waals surface area contributed by atoms with Gasteiger partial charge in [-0.15, -0.1) is 0 Å². The zero-order valence-corrected chi connectivity index (χ0v) is 8.76. The highest BCUT2D eigenvalue weighted by atomic mass is 35.5. The smallest absolute Gasteiger partial charge is 0.379 e. The summed E-state index contributed by atoms with van der Waals surface area (Å²) in [5.41, 5.74) is -1.11. The molecule has 1 aromatic carbocycles. The molecule has 16 heavy (non-hydrogen) atoms. The van der Waals surface area contributed by atoms with E-state index in [1.807, 2.05) is 0 Å². The van der Waals surface area contributed by atoms with Crippen molar-refractivity contribution >= 4 is 17.6 Å². The number of aromatic hydroxyl groups is 1. The van der Waals surface area contributed by atoms with Crippen LogP contribution in [0.1, 0.15) is 5.56 Å². The van der Waals surface area contributed by atoms with Crippen molar-refractivity contribution in [2.45, 2.75) is 5.92 Å². The third-order valence-electron chi connectivity index (χ3n) is 1.87. The van der Waals surface area contributed by atoms with Gasteiger partial charge >= 0.3 is 11.9 Å². The molecule has 0 aliphatic rings. The van der Waals surface area contributed by atoms with Crippen LogP contribution in [0.2, 0.25) is 5.02 Å². The molecule has 0 fully saturated rings. The lowest BCUT2D eigenvalue weighted by molar-refractivity contribution is -0.166. The average Bonchev–Trinajstić information content (AvgIpc) is 2.20. The number of hydrogen-bond acceptors (Lipinski definition) is 3. The Balaban J connectivity index is 3.45. The van der Waals surface area contributed by atoms with Crippen LogP contribution in [-0.4, -0.2) is 23.3 Å². The van der Waals surface area contributed by atoms with Gasteiger partial charge in [-0.1, -0.05) is 11.6 Å². The minimum absolute atomic E-state index is 0.162. The van der Waals surface area contributed by atoms with Gasteiger partial charge in [0.05, 0.1) is 12.7 Å². The first-order valence-corrected chi connectivity index (χ1v) is 4.36. The quantitative estimate of drug-likeness (QED) is 0.866. The first-order chi connectivity index (χ1) is 7.30. The van der Waals surface area contributed by atoms with Gasteiger partial charge in [0.15, 0.2) is 11.5 Å². The summed E-state index contributed by atoms with van der Waals surface area (Å²) in [6.07, 6.45) is 0. The molecule has 0 amide bonds. The number of benzene rings is 1. The predicted molar refractivity (Wildman–Crippen MR) is 51.2 cm³/mol. The van der Waals surface area contributed by atoms with Crippen LogP contribution in [0.3, 0.4) is 0 Å². The number of alkyl halides is 2. The predicted octanol–water partition coefficient (Wildman–Crippen LogP) is 2.23. The second-order valence-electron chi connectivity index (χ2n) is 2.88. The second-order valence-corrected chi connectivity index (χ2v) is 3.32. The maximum absolute atomic E-state index is 13.2. The highest BCUT2D eigenvalue weighted by Gasteiger charge is 2.44. The zero-order chi connectivity index (χ0) is 12.5. The molecule has 0 spiro atoms. The molecule has 0 aromatic heterocycles. The van der Waals surface area contributed by atoms with Crippen LogP contribution < -0.4 is 4.74 Å². The summed E-state index contributed by atoms with van der Waals surface area (Å²) in [4.78, 5) is 10.3. The Labute approximate surface area is 94.0 Å².